The Morgan fingerprint density at radius 2 is 1.79 bits per heavy atom. The molecule has 7 nitrogen and oxygen atoms in total. The molecule has 3 aromatic rings. The summed E-state index contributed by atoms with van der Waals surface area (Å²) in [5.41, 5.74) is 2.96. The molecule has 1 heterocycles. The van der Waals surface area contributed by atoms with Gasteiger partial charge in [-0.05, 0) is 61.7 Å². The van der Waals surface area contributed by atoms with Gasteiger partial charge in [-0.15, -0.1) is 0 Å². The molecule has 1 aromatic heterocycles. The van der Waals surface area contributed by atoms with Gasteiger partial charge in [-0.2, -0.15) is 5.10 Å². The van der Waals surface area contributed by atoms with Crippen molar-refractivity contribution in [3.8, 4) is 22.7 Å². The Balaban J connectivity index is 1.97. The SMILES string of the molecule is CCOC(=O)c1cc(-c2cccc(OC)c2)n(-c2ccc(C(=O)N[C@@H](C)C(C)(C)C)cc2)n1. The topological polar surface area (TPSA) is 82.5 Å². The lowest BCUT2D eigenvalue weighted by Gasteiger charge is -2.28. The third-order valence-corrected chi connectivity index (χ3v) is 5.58. The summed E-state index contributed by atoms with van der Waals surface area (Å²) in [6.07, 6.45) is 0. The number of hydrogen-bond acceptors (Lipinski definition) is 5. The monoisotopic (exact) mass is 449 g/mol. The lowest BCUT2D eigenvalue weighted by molar-refractivity contribution is 0.0518. The number of benzene rings is 2. The molecule has 174 valence electrons. The molecule has 0 aliphatic carbocycles. The average Bonchev–Trinajstić information content (AvgIpc) is 3.24. The molecule has 1 atom stereocenters. The van der Waals surface area contributed by atoms with Crippen molar-refractivity contribution in [1.29, 1.82) is 0 Å². The van der Waals surface area contributed by atoms with Crippen molar-refractivity contribution < 1.29 is 19.1 Å². The van der Waals surface area contributed by atoms with Crippen LogP contribution in [0, 0.1) is 5.41 Å². The predicted molar refractivity (Wildman–Crippen MR) is 128 cm³/mol. The fourth-order valence-electron chi connectivity index (χ4n) is 3.12. The van der Waals surface area contributed by atoms with Crippen molar-refractivity contribution in [1.82, 2.24) is 15.1 Å². The quantitative estimate of drug-likeness (QED) is 0.520. The van der Waals surface area contributed by atoms with Crippen molar-refractivity contribution in [2.45, 2.75) is 40.7 Å². The lowest BCUT2D eigenvalue weighted by Crippen LogP contribution is -2.41. The van der Waals surface area contributed by atoms with E-state index in [4.69, 9.17) is 9.47 Å². The number of aromatic nitrogens is 2. The maximum absolute atomic E-state index is 12.7. The fraction of sp³-hybridized carbons (Fsp3) is 0.346. The number of nitrogens with one attached hydrogen (secondary N) is 1. The molecule has 0 saturated carbocycles. The summed E-state index contributed by atoms with van der Waals surface area (Å²) in [6.45, 7) is 10.3. The van der Waals surface area contributed by atoms with Crippen LogP contribution in [0.1, 0.15) is 55.5 Å². The van der Waals surface area contributed by atoms with Gasteiger partial charge < -0.3 is 14.8 Å². The van der Waals surface area contributed by atoms with Crippen LogP contribution in [0.3, 0.4) is 0 Å². The van der Waals surface area contributed by atoms with E-state index in [-0.39, 0.29) is 29.7 Å². The first-order valence-corrected chi connectivity index (χ1v) is 11.0. The van der Waals surface area contributed by atoms with E-state index in [0.717, 1.165) is 5.56 Å². The summed E-state index contributed by atoms with van der Waals surface area (Å²) in [7, 11) is 1.60. The van der Waals surface area contributed by atoms with E-state index < -0.39 is 5.97 Å². The number of carbonyl (C=O) groups excluding carboxylic acids is 2. The number of esters is 1. The standard InChI is InChI=1S/C26H31N3O4/c1-7-33-25(31)22-16-23(19-9-8-10-21(15-19)32-6)29(28-22)20-13-11-18(12-14-20)24(30)27-17(2)26(3,4)5/h8-17H,7H2,1-6H3,(H,27,30)/t17-/m0/s1. The maximum Gasteiger partial charge on any atom is 0.358 e. The molecule has 0 radical (unpaired) electrons. The van der Waals surface area contributed by atoms with Crippen LogP contribution >= 0.6 is 0 Å². The molecule has 0 bridgehead atoms. The first kappa shape index (κ1) is 24.0. The molecule has 0 aliphatic heterocycles. The van der Waals surface area contributed by atoms with Gasteiger partial charge in [0, 0.05) is 17.2 Å². The van der Waals surface area contributed by atoms with Crippen molar-refractivity contribution in [3.05, 3.63) is 65.9 Å². The Bertz CT molecular complexity index is 1130. The minimum absolute atomic E-state index is 0.0163. The minimum Gasteiger partial charge on any atom is -0.497 e. The van der Waals surface area contributed by atoms with Gasteiger partial charge in [-0.25, -0.2) is 9.48 Å². The smallest absolute Gasteiger partial charge is 0.358 e. The third-order valence-electron chi connectivity index (χ3n) is 5.58. The summed E-state index contributed by atoms with van der Waals surface area (Å²) in [4.78, 5) is 25.0. The third kappa shape index (κ3) is 5.61. The molecule has 0 spiro atoms. The van der Waals surface area contributed by atoms with Crippen LogP contribution in [-0.2, 0) is 4.74 Å². The number of ether oxygens (including phenoxy) is 2. The molecule has 7 heteroatoms. The Kier molecular flexibility index (Phi) is 7.21. The van der Waals surface area contributed by atoms with E-state index in [1.54, 1.807) is 36.9 Å². The van der Waals surface area contributed by atoms with E-state index >= 15 is 0 Å². The van der Waals surface area contributed by atoms with E-state index in [9.17, 15) is 9.59 Å². The number of methoxy groups -OCH3 is 1. The van der Waals surface area contributed by atoms with Crippen molar-refractivity contribution >= 4 is 11.9 Å². The zero-order valence-corrected chi connectivity index (χ0v) is 20.0. The van der Waals surface area contributed by atoms with Crippen LogP contribution in [0.15, 0.2) is 54.6 Å². The fourth-order valence-corrected chi connectivity index (χ4v) is 3.12. The molecule has 0 saturated heterocycles. The first-order chi connectivity index (χ1) is 15.6. The van der Waals surface area contributed by atoms with Gasteiger partial charge >= 0.3 is 5.97 Å². The number of rotatable bonds is 7. The molecule has 0 unspecified atom stereocenters. The predicted octanol–water partition coefficient (Wildman–Crippen LogP) is 4.89. The molecular weight excluding hydrogens is 418 g/mol. The summed E-state index contributed by atoms with van der Waals surface area (Å²) < 4.78 is 12.1. The summed E-state index contributed by atoms with van der Waals surface area (Å²) >= 11 is 0. The highest BCUT2D eigenvalue weighted by Gasteiger charge is 2.22. The van der Waals surface area contributed by atoms with Crippen LogP contribution < -0.4 is 10.1 Å². The minimum atomic E-state index is -0.493. The van der Waals surface area contributed by atoms with Gasteiger partial charge in [-0.3, -0.25) is 4.79 Å². The van der Waals surface area contributed by atoms with Gasteiger partial charge in [0.25, 0.3) is 5.91 Å². The van der Waals surface area contributed by atoms with Crippen LogP contribution in [0.4, 0.5) is 0 Å². The van der Waals surface area contributed by atoms with Crippen LogP contribution in [-0.4, -0.2) is 41.4 Å². The summed E-state index contributed by atoms with van der Waals surface area (Å²) in [5, 5.41) is 7.53. The Morgan fingerprint density at radius 3 is 2.39 bits per heavy atom. The number of amides is 1. The lowest BCUT2D eigenvalue weighted by atomic mass is 9.88. The van der Waals surface area contributed by atoms with Crippen LogP contribution in [0.25, 0.3) is 16.9 Å². The molecular formula is C26H31N3O4. The summed E-state index contributed by atoms with van der Waals surface area (Å²) in [5.74, 6) is 0.0650. The van der Waals surface area contributed by atoms with Crippen molar-refractivity contribution in [3.63, 3.8) is 0 Å². The second-order valence-electron chi connectivity index (χ2n) is 8.89. The number of carbonyl (C=O) groups is 2. The molecule has 1 amide bonds. The molecule has 2 aromatic carbocycles. The van der Waals surface area contributed by atoms with Crippen molar-refractivity contribution in [2.24, 2.45) is 5.41 Å². The molecule has 3 rings (SSSR count). The molecule has 1 N–H and O–H groups in total. The largest absolute Gasteiger partial charge is 0.497 e. The zero-order chi connectivity index (χ0) is 24.2. The number of hydrogen-bond donors (Lipinski definition) is 1. The number of nitrogens with zero attached hydrogens (tertiary/aromatic N) is 2. The Morgan fingerprint density at radius 1 is 1.09 bits per heavy atom. The second-order valence-corrected chi connectivity index (χ2v) is 8.89. The van der Waals surface area contributed by atoms with E-state index in [0.29, 0.717) is 22.7 Å². The van der Waals surface area contributed by atoms with E-state index in [2.05, 4.69) is 31.2 Å². The van der Waals surface area contributed by atoms with Gasteiger partial charge in [0.05, 0.1) is 25.1 Å². The van der Waals surface area contributed by atoms with Crippen LogP contribution in [0.2, 0.25) is 0 Å². The van der Waals surface area contributed by atoms with Crippen LogP contribution in [0.5, 0.6) is 5.75 Å². The Hall–Kier alpha value is -3.61. The highest BCUT2D eigenvalue weighted by atomic mass is 16.5. The van der Waals surface area contributed by atoms with E-state index in [1.165, 1.54) is 0 Å². The Labute approximate surface area is 194 Å². The van der Waals surface area contributed by atoms with Gasteiger partial charge in [0.1, 0.15) is 5.75 Å². The van der Waals surface area contributed by atoms with Gasteiger partial charge in [0.15, 0.2) is 5.69 Å². The van der Waals surface area contributed by atoms with Gasteiger partial charge in [0.2, 0.25) is 0 Å². The highest BCUT2D eigenvalue weighted by molar-refractivity contribution is 5.94. The van der Waals surface area contributed by atoms with Crippen molar-refractivity contribution in [2.75, 3.05) is 13.7 Å². The van der Waals surface area contributed by atoms with Gasteiger partial charge in [-0.1, -0.05) is 32.9 Å². The van der Waals surface area contributed by atoms with E-state index in [1.807, 2.05) is 43.3 Å². The molecule has 0 aliphatic rings. The average molecular weight is 450 g/mol. The molecule has 33 heavy (non-hydrogen) atoms. The molecule has 0 fully saturated rings. The maximum atomic E-state index is 12.7. The normalized spacial score (nSPS) is 12.2. The first-order valence-electron chi connectivity index (χ1n) is 11.0. The highest BCUT2D eigenvalue weighted by Crippen LogP contribution is 2.28. The summed E-state index contributed by atoms with van der Waals surface area (Å²) in [6, 6.07) is 16.3. The zero-order valence-electron chi connectivity index (χ0n) is 20.0. The second kappa shape index (κ2) is 9.90.